The van der Waals surface area contributed by atoms with E-state index in [1.54, 1.807) is 25.1 Å². The molecular formula is C18H16Cl2N2O3. The van der Waals surface area contributed by atoms with Gasteiger partial charge in [-0.2, -0.15) is 0 Å². The molecule has 2 aromatic carbocycles. The average molecular weight is 379 g/mol. The lowest BCUT2D eigenvalue weighted by atomic mass is 9.92. The number of nitrogens with one attached hydrogen (secondary N) is 1. The normalized spacial score (nSPS) is 19.9. The molecule has 0 radical (unpaired) electrons. The third kappa shape index (κ3) is 3.30. The van der Waals surface area contributed by atoms with Gasteiger partial charge in [-0.05, 0) is 24.6 Å². The molecule has 1 saturated heterocycles. The number of ether oxygens (including phenoxy) is 1. The minimum Gasteiger partial charge on any atom is -0.489 e. The van der Waals surface area contributed by atoms with Crippen LogP contribution in [0.5, 0.6) is 5.75 Å². The van der Waals surface area contributed by atoms with Gasteiger partial charge in [0.25, 0.3) is 5.91 Å². The van der Waals surface area contributed by atoms with Crippen LogP contribution in [0.15, 0.2) is 48.5 Å². The molecule has 1 atom stereocenters. The van der Waals surface area contributed by atoms with Gasteiger partial charge in [-0.1, -0.05) is 59.6 Å². The second-order valence-electron chi connectivity index (χ2n) is 5.78. The number of carbonyl (C=O) groups excluding carboxylic acids is 2. The third-order valence-corrected chi connectivity index (χ3v) is 4.70. The predicted octanol–water partition coefficient (Wildman–Crippen LogP) is 3.84. The summed E-state index contributed by atoms with van der Waals surface area (Å²) in [5.74, 6) is 0.0151. The molecule has 5 nitrogen and oxygen atoms in total. The van der Waals surface area contributed by atoms with Crippen molar-refractivity contribution in [3.8, 4) is 5.75 Å². The van der Waals surface area contributed by atoms with E-state index in [2.05, 4.69) is 5.32 Å². The molecule has 0 spiro atoms. The van der Waals surface area contributed by atoms with Crippen molar-refractivity contribution in [2.24, 2.45) is 0 Å². The van der Waals surface area contributed by atoms with Crippen LogP contribution in [0.2, 0.25) is 10.0 Å². The van der Waals surface area contributed by atoms with Gasteiger partial charge in [0.05, 0.1) is 16.6 Å². The van der Waals surface area contributed by atoms with Crippen LogP contribution in [0.4, 0.5) is 4.79 Å². The van der Waals surface area contributed by atoms with Crippen LogP contribution in [0.3, 0.4) is 0 Å². The second kappa shape index (κ2) is 6.94. The molecule has 7 heteroatoms. The fraction of sp³-hybridized carbons (Fsp3) is 0.222. The van der Waals surface area contributed by atoms with Gasteiger partial charge in [0, 0.05) is 0 Å². The molecule has 3 amide bonds. The maximum atomic E-state index is 12.7. The summed E-state index contributed by atoms with van der Waals surface area (Å²) in [6.45, 7) is 1.87. The Morgan fingerprint density at radius 2 is 1.68 bits per heavy atom. The lowest BCUT2D eigenvalue weighted by molar-refractivity contribution is -0.131. The lowest BCUT2D eigenvalue weighted by Crippen LogP contribution is -2.41. The Hall–Kier alpha value is -2.24. The summed E-state index contributed by atoms with van der Waals surface area (Å²) in [5, 5.41) is 3.50. The first kappa shape index (κ1) is 17.6. The Bertz CT molecular complexity index is 793. The summed E-state index contributed by atoms with van der Waals surface area (Å²) in [6.07, 6.45) is 0. The van der Waals surface area contributed by atoms with Crippen LogP contribution in [0.25, 0.3) is 0 Å². The maximum absolute atomic E-state index is 12.7. The van der Waals surface area contributed by atoms with Crippen molar-refractivity contribution in [3.63, 3.8) is 0 Å². The first-order chi connectivity index (χ1) is 11.9. The molecule has 3 rings (SSSR count). The SMILES string of the molecule is C[C@@]1(c2ccccc2)NC(=O)N(CCOc2c(Cl)cccc2Cl)C1=O. The number of para-hydroxylation sites is 1. The standard InChI is InChI=1S/C18H16Cl2N2O3/c1-18(12-6-3-2-4-7-12)16(23)22(17(24)21-18)10-11-25-15-13(19)8-5-9-14(15)20/h2-9H,10-11H2,1H3,(H,21,24)/t18-/m0/s1. The number of hydrogen-bond acceptors (Lipinski definition) is 3. The molecule has 1 fully saturated rings. The van der Waals surface area contributed by atoms with E-state index in [0.717, 1.165) is 10.5 Å². The number of carbonyl (C=O) groups is 2. The van der Waals surface area contributed by atoms with Gasteiger partial charge >= 0.3 is 6.03 Å². The molecular weight excluding hydrogens is 363 g/mol. The zero-order chi connectivity index (χ0) is 18.0. The van der Waals surface area contributed by atoms with Gasteiger partial charge in [0.15, 0.2) is 5.75 Å². The van der Waals surface area contributed by atoms with E-state index >= 15 is 0 Å². The van der Waals surface area contributed by atoms with Crippen molar-refractivity contribution >= 4 is 35.1 Å². The van der Waals surface area contributed by atoms with Crippen LogP contribution >= 0.6 is 23.2 Å². The van der Waals surface area contributed by atoms with Crippen molar-refractivity contribution in [1.82, 2.24) is 10.2 Å². The highest BCUT2D eigenvalue weighted by atomic mass is 35.5. The van der Waals surface area contributed by atoms with Gasteiger partial charge in [-0.15, -0.1) is 0 Å². The highest BCUT2D eigenvalue weighted by Gasteiger charge is 2.48. The number of benzene rings is 2. The molecule has 1 N–H and O–H groups in total. The van der Waals surface area contributed by atoms with E-state index in [0.29, 0.717) is 15.8 Å². The number of nitrogens with zero attached hydrogens (tertiary/aromatic N) is 1. The Balaban J connectivity index is 1.70. The topological polar surface area (TPSA) is 58.6 Å². The summed E-state index contributed by atoms with van der Waals surface area (Å²) < 4.78 is 5.56. The Labute approximate surface area is 155 Å². The fourth-order valence-corrected chi connectivity index (χ4v) is 3.23. The molecule has 25 heavy (non-hydrogen) atoms. The molecule has 1 aliphatic rings. The summed E-state index contributed by atoms with van der Waals surface area (Å²) in [7, 11) is 0. The van der Waals surface area contributed by atoms with Gasteiger partial charge in [0.1, 0.15) is 12.1 Å². The van der Waals surface area contributed by atoms with Gasteiger partial charge in [-0.25, -0.2) is 4.79 Å². The Morgan fingerprint density at radius 1 is 1.04 bits per heavy atom. The first-order valence-corrected chi connectivity index (χ1v) is 8.45. The molecule has 2 aromatic rings. The van der Waals surface area contributed by atoms with Crippen LogP contribution in [0, 0.1) is 0 Å². The van der Waals surface area contributed by atoms with E-state index in [-0.39, 0.29) is 19.1 Å². The second-order valence-corrected chi connectivity index (χ2v) is 6.59. The number of halogens is 2. The zero-order valence-electron chi connectivity index (χ0n) is 13.5. The third-order valence-electron chi connectivity index (χ3n) is 4.11. The zero-order valence-corrected chi connectivity index (χ0v) is 15.0. The number of imide groups is 1. The maximum Gasteiger partial charge on any atom is 0.325 e. The Morgan fingerprint density at radius 3 is 2.32 bits per heavy atom. The summed E-state index contributed by atoms with van der Waals surface area (Å²) in [4.78, 5) is 26.1. The van der Waals surface area contributed by atoms with Gasteiger partial charge in [0.2, 0.25) is 0 Å². The first-order valence-electron chi connectivity index (χ1n) is 7.70. The number of hydrogen-bond donors (Lipinski definition) is 1. The largest absolute Gasteiger partial charge is 0.489 e. The van der Waals surface area contributed by atoms with Crippen molar-refractivity contribution < 1.29 is 14.3 Å². The predicted molar refractivity (Wildman–Crippen MR) is 96.0 cm³/mol. The molecule has 0 aliphatic carbocycles. The molecule has 1 heterocycles. The summed E-state index contributed by atoms with van der Waals surface area (Å²) in [6, 6.07) is 13.7. The van der Waals surface area contributed by atoms with Crippen LogP contribution in [0.1, 0.15) is 12.5 Å². The molecule has 0 saturated carbocycles. The van der Waals surface area contributed by atoms with Crippen LogP contribution in [-0.4, -0.2) is 30.0 Å². The van der Waals surface area contributed by atoms with E-state index in [1.165, 1.54) is 0 Å². The van der Waals surface area contributed by atoms with Crippen LogP contribution in [-0.2, 0) is 10.3 Å². The lowest BCUT2D eigenvalue weighted by Gasteiger charge is -2.22. The van der Waals surface area contributed by atoms with Crippen molar-refractivity contribution in [2.75, 3.05) is 13.2 Å². The summed E-state index contributed by atoms with van der Waals surface area (Å²) >= 11 is 12.1. The highest BCUT2D eigenvalue weighted by Crippen LogP contribution is 2.33. The van der Waals surface area contributed by atoms with E-state index in [4.69, 9.17) is 27.9 Å². The molecule has 0 bridgehead atoms. The van der Waals surface area contributed by atoms with Crippen molar-refractivity contribution in [2.45, 2.75) is 12.5 Å². The van der Waals surface area contributed by atoms with Crippen molar-refractivity contribution in [3.05, 3.63) is 64.1 Å². The van der Waals surface area contributed by atoms with Gasteiger partial charge in [-0.3, -0.25) is 9.69 Å². The average Bonchev–Trinajstić information content (AvgIpc) is 2.82. The quantitative estimate of drug-likeness (QED) is 0.804. The molecule has 0 aromatic heterocycles. The smallest absolute Gasteiger partial charge is 0.325 e. The van der Waals surface area contributed by atoms with Crippen molar-refractivity contribution in [1.29, 1.82) is 0 Å². The van der Waals surface area contributed by atoms with Gasteiger partial charge < -0.3 is 10.1 Å². The van der Waals surface area contributed by atoms with E-state index in [9.17, 15) is 9.59 Å². The van der Waals surface area contributed by atoms with Crippen LogP contribution < -0.4 is 10.1 Å². The number of amides is 3. The monoisotopic (exact) mass is 378 g/mol. The number of urea groups is 1. The Kier molecular flexibility index (Phi) is 4.88. The van der Waals surface area contributed by atoms with E-state index < -0.39 is 11.6 Å². The molecule has 0 unspecified atom stereocenters. The molecule has 130 valence electrons. The van der Waals surface area contributed by atoms with E-state index in [1.807, 2.05) is 30.3 Å². The minimum absolute atomic E-state index is 0.0908. The number of rotatable bonds is 5. The minimum atomic E-state index is -1.08. The highest BCUT2D eigenvalue weighted by molar-refractivity contribution is 6.37. The summed E-state index contributed by atoms with van der Waals surface area (Å²) in [5.41, 5.74) is -0.355. The molecule has 1 aliphatic heterocycles. The fourth-order valence-electron chi connectivity index (χ4n) is 2.73.